The highest BCUT2D eigenvalue weighted by molar-refractivity contribution is 6.01. The van der Waals surface area contributed by atoms with Gasteiger partial charge in [-0.3, -0.25) is 19.7 Å². The molecule has 0 unspecified atom stereocenters. The second kappa shape index (κ2) is 8.21. The van der Waals surface area contributed by atoms with Crippen molar-refractivity contribution in [3.8, 4) is 0 Å². The first kappa shape index (κ1) is 21.1. The van der Waals surface area contributed by atoms with E-state index in [1.807, 2.05) is 0 Å². The monoisotopic (exact) mass is 383 g/mol. The highest BCUT2D eigenvalue weighted by Crippen LogP contribution is 2.27. The number of hydrazine groups is 1. The van der Waals surface area contributed by atoms with Gasteiger partial charge in [0.1, 0.15) is 5.56 Å². The van der Waals surface area contributed by atoms with E-state index in [-0.39, 0.29) is 23.7 Å². The number of nitro benzene ring substituents is 1. The van der Waals surface area contributed by atoms with Gasteiger partial charge in [0.25, 0.3) is 17.5 Å². The third-order valence-electron chi connectivity index (χ3n) is 4.20. The van der Waals surface area contributed by atoms with Crippen LogP contribution in [0, 0.1) is 17.0 Å². The second-order valence-corrected chi connectivity index (χ2v) is 7.45. The fourth-order valence-electron chi connectivity index (χ4n) is 2.98. The fourth-order valence-corrected chi connectivity index (χ4v) is 2.98. The number of hydrogen-bond acceptors (Lipinski definition) is 4. The number of nitro groups is 1. The lowest BCUT2D eigenvalue weighted by atomic mass is 10.0. The van der Waals surface area contributed by atoms with Crippen LogP contribution in [0.25, 0.3) is 0 Å². The smallest absolute Gasteiger partial charge is 0.267 e. The largest absolute Gasteiger partial charge is 0.282 e. The lowest BCUT2D eigenvalue weighted by Crippen LogP contribution is -2.58. The predicted molar refractivity (Wildman–Crippen MR) is 107 cm³/mol. The van der Waals surface area contributed by atoms with Crippen molar-refractivity contribution in [2.24, 2.45) is 0 Å². The molecule has 7 nitrogen and oxygen atoms in total. The van der Waals surface area contributed by atoms with Gasteiger partial charge in [-0.25, -0.2) is 10.0 Å². The molecule has 0 saturated heterocycles. The minimum absolute atomic E-state index is 0.0424. The number of benzene rings is 2. The molecule has 2 amide bonds. The summed E-state index contributed by atoms with van der Waals surface area (Å²) in [6.45, 7) is 9.11. The average molecular weight is 383 g/mol. The molecule has 0 saturated carbocycles. The van der Waals surface area contributed by atoms with E-state index in [0.717, 1.165) is 5.56 Å². The van der Waals surface area contributed by atoms with Gasteiger partial charge in [-0.05, 0) is 58.4 Å². The van der Waals surface area contributed by atoms with E-state index >= 15 is 0 Å². The van der Waals surface area contributed by atoms with Crippen LogP contribution in [0.5, 0.6) is 0 Å². The maximum atomic E-state index is 13.4. The van der Waals surface area contributed by atoms with Crippen LogP contribution in [0.3, 0.4) is 0 Å². The van der Waals surface area contributed by atoms with Crippen molar-refractivity contribution in [1.82, 2.24) is 10.0 Å². The van der Waals surface area contributed by atoms with E-state index in [4.69, 9.17) is 0 Å². The van der Waals surface area contributed by atoms with Gasteiger partial charge in [0.2, 0.25) is 0 Å². The van der Waals surface area contributed by atoms with Crippen LogP contribution < -0.4 is 0 Å². The van der Waals surface area contributed by atoms with Gasteiger partial charge in [0.05, 0.1) is 10.5 Å². The second-order valence-electron chi connectivity index (χ2n) is 7.45. The number of rotatable bonds is 4. The quantitative estimate of drug-likeness (QED) is 0.584. The summed E-state index contributed by atoms with van der Waals surface area (Å²) in [6, 6.07) is 13.0. The van der Waals surface area contributed by atoms with Crippen LogP contribution in [0.4, 0.5) is 5.69 Å². The Morgan fingerprint density at radius 2 is 1.64 bits per heavy atom. The van der Waals surface area contributed by atoms with Gasteiger partial charge >= 0.3 is 0 Å². The fraction of sp³-hybridized carbons (Fsp3) is 0.333. The molecule has 2 aromatic rings. The number of nitrogens with zero attached hydrogens (tertiary/aromatic N) is 3. The molecule has 0 aliphatic carbocycles. The topological polar surface area (TPSA) is 83.8 Å². The molecule has 0 bridgehead atoms. The molecule has 0 atom stereocenters. The predicted octanol–water partition coefficient (Wildman–Crippen LogP) is 4.22. The van der Waals surface area contributed by atoms with Crippen LogP contribution in [0.15, 0.2) is 48.5 Å². The Bertz CT molecular complexity index is 888. The molecular formula is C21H25N3O4. The molecule has 2 rings (SSSR count). The summed E-state index contributed by atoms with van der Waals surface area (Å²) in [4.78, 5) is 37.4. The maximum absolute atomic E-state index is 13.4. The molecule has 7 heteroatoms. The first-order valence-electron chi connectivity index (χ1n) is 9.04. The summed E-state index contributed by atoms with van der Waals surface area (Å²) in [5.41, 5.74) is 0.0486. The lowest BCUT2D eigenvalue weighted by Gasteiger charge is -2.43. The van der Waals surface area contributed by atoms with Crippen molar-refractivity contribution in [1.29, 1.82) is 0 Å². The number of carbonyl (C=O) groups is 2. The first-order valence-corrected chi connectivity index (χ1v) is 9.04. The summed E-state index contributed by atoms with van der Waals surface area (Å²) >= 11 is 0. The lowest BCUT2D eigenvalue weighted by molar-refractivity contribution is -0.385. The number of amides is 2. The standard InChI is InChI=1S/C21H25N3O4/c1-6-22(19(25)16-10-8-7-9-11-16)23(21(3,4)5)20(26)17-14-15(2)12-13-18(17)24(27)28/h7-14H,6H2,1-5H3. The molecule has 0 fully saturated rings. The summed E-state index contributed by atoms with van der Waals surface area (Å²) < 4.78 is 0. The Morgan fingerprint density at radius 1 is 1.04 bits per heavy atom. The Kier molecular flexibility index (Phi) is 6.18. The van der Waals surface area contributed by atoms with Crippen molar-refractivity contribution in [2.45, 2.75) is 40.2 Å². The summed E-state index contributed by atoms with van der Waals surface area (Å²) in [6.07, 6.45) is 0. The highest BCUT2D eigenvalue weighted by atomic mass is 16.6. The molecule has 0 spiro atoms. The van der Waals surface area contributed by atoms with E-state index in [0.29, 0.717) is 5.56 Å². The Labute approximate surface area is 164 Å². The molecule has 0 aromatic heterocycles. The zero-order chi connectivity index (χ0) is 21.1. The van der Waals surface area contributed by atoms with Gasteiger partial charge < -0.3 is 0 Å². The molecule has 0 aliphatic heterocycles. The van der Waals surface area contributed by atoms with Gasteiger partial charge in [-0.1, -0.05) is 24.3 Å². The van der Waals surface area contributed by atoms with Crippen molar-refractivity contribution >= 4 is 17.5 Å². The highest BCUT2D eigenvalue weighted by Gasteiger charge is 2.37. The molecule has 0 radical (unpaired) electrons. The van der Waals surface area contributed by atoms with Gasteiger partial charge in [-0.2, -0.15) is 0 Å². The zero-order valence-corrected chi connectivity index (χ0v) is 16.8. The first-order chi connectivity index (χ1) is 13.1. The van der Waals surface area contributed by atoms with E-state index in [1.54, 1.807) is 71.0 Å². The van der Waals surface area contributed by atoms with Gasteiger partial charge in [0, 0.05) is 18.2 Å². The van der Waals surface area contributed by atoms with Crippen LogP contribution >= 0.6 is 0 Å². The Morgan fingerprint density at radius 3 is 2.14 bits per heavy atom. The zero-order valence-electron chi connectivity index (χ0n) is 16.8. The van der Waals surface area contributed by atoms with Crippen molar-refractivity contribution in [3.63, 3.8) is 0 Å². The molecule has 0 N–H and O–H groups in total. The average Bonchev–Trinajstić information content (AvgIpc) is 2.64. The third kappa shape index (κ3) is 4.36. The van der Waals surface area contributed by atoms with Crippen LogP contribution in [0.2, 0.25) is 0 Å². The van der Waals surface area contributed by atoms with Gasteiger partial charge in [-0.15, -0.1) is 0 Å². The number of hydrogen-bond donors (Lipinski definition) is 0. The Hall–Kier alpha value is -3.22. The minimum atomic E-state index is -0.783. The van der Waals surface area contributed by atoms with Crippen LogP contribution in [0.1, 0.15) is 54.0 Å². The van der Waals surface area contributed by atoms with Gasteiger partial charge in [0.15, 0.2) is 0 Å². The van der Waals surface area contributed by atoms with Crippen molar-refractivity contribution in [2.75, 3.05) is 6.54 Å². The molecule has 0 heterocycles. The summed E-state index contributed by atoms with van der Waals surface area (Å²) in [7, 11) is 0. The van der Waals surface area contributed by atoms with Crippen molar-refractivity contribution in [3.05, 3.63) is 75.3 Å². The van der Waals surface area contributed by atoms with E-state index < -0.39 is 16.4 Å². The number of carbonyl (C=O) groups excluding carboxylic acids is 2. The normalized spacial score (nSPS) is 11.0. The third-order valence-corrected chi connectivity index (χ3v) is 4.20. The SMILES string of the molecule is CCN(C(=O)c1ccccc1)N(C(=O)c1cc(C)ccc1[N+](=O)[O-])C(C)(C)C. The summed E-state index contributed by atoms with van der Waals surface area (Å²) in [5.74, 6) is -0.935. The maximum Gasteiger partial charge on any atom is 0.282 e. The number of aryl methyl sites for hydroxylation is 1. The molecule has 148 valence electrons. The minimum Gasteiger partial charge on any atom is -0.267 e. The van der Waals surface area contributed by atoms with E-state index in [2.05, 4.69) is 0 Å². The molecule has 0 aliphatic rings. The van der Waals surface area contributed by atoms with Crippen LogP contribution in [-0.4, -0.2) is 38.8 Å². The van der Waals surface area contributed by atoms with Crippen LogP contribution in [-0.2, 0) is 0 Å². The molecule has 28 heavy (non-hydrogen) atoms. The van der Waals surface area contributed by atoms with Crippen molar-refractivity contribution < 1.29 is 14.5 Å². The summed E-state index contributed by atoms with van der Waals surface area (Å²) in [5, 5.41) is 14.1. The molecular weight excluding hydrogens is 358 g/mol. The molecule has 2 aromatic carbocycles. The van der Waals surface area contributed by atoms with E-state index in [1.165, 1.54) is 22.2 Å². The van der Waals surface area contributed by atoms with E-state index in [9.17, 15) is 19.7 Å². The Balaban J connectivity index is 2.58.